The number of carbonyl (C=O) groups is 1. The van der Waals surface area contributed by atoms with Gasteiger partial charge < -0.3 is 15.3 Å². The maximum Gasteiger partial charge on any atom is 0.239 e. The van der Waals surface area contributed by atoms with Crippen molar-refractivity contribution in [3.05, 3.63) is 0 Å². The topological polar surface area (TPSA) is 52.6 Å². The highest BCUT2D eigenvalue weighted by atomic mass is 16.3. The fraction of sp³-hybridized carbons (Fsp3) is 0.938. The van der Waals surface area contributed by atoms with Gasteiger partial charge in [0.1, 0.15) is 0 Å². The van der Waals surface area contributed by atoms with Crippen LogP contribution >= 0.6 is 0 Å². The predicted molar refractivity (Wildman–Crippen MR) is 82.6 cm³/mol. The molecular formula is C16H32N2O2. The van der Waals surface area contributed by atoms with Gasteiger partial charge in [0.05, 0.1) is 11.6 Å². The van der Waals surface area contributed by atoms with Crippen molar-refractivity contribution in [3.63, 3.8) is 0 Å². The second-order valence-corrected chi connectivity index (χ2v) is 7.00. The minimum atomic E-state index is -0.646. The van der Waals surface area contributed by atoms with E-state index in [9.17, 15) is 9.90 Å². The summed E-state index contributed by atoms with van der Waals surface area (Å²) in [5.74, 6) is 0.120. The second-order valence-electron chi connectivity index (χ2n) is 7.00. The standard InChI is InChI=1S/C16H32N2O2/c1-6-18(7-2)14(19)13(3)17-12-16(20)10-8-15(4,5)9-11-16/h13,17,20H,6-12H2,1-5H3. The van der Waals surface area contributed by atoms with Gasteiger partial charge >= 0.3 is 0 Å². The highest BCUT2D eigenvalue weighted by molar-refractivity contribution is 5.81. The second kappa shape index (κ2) is 6.90. The van der Waals surface area contributed by atoms with Gasteiger partial charge in [-0.25, -0.2) is 0 Å². The van der Waals surface area contributed by atoms with E-state index >= 15 is 0 Å². The van der Waals surface area contributed by atoms with Crippen LogP contribution in [0.2, 0.25) is 0 Å². The zero-order valence-electron chi connectivity index (χ0n) is 13.8. The Kier molecular flexibility index (Phi) is 6.02. The lowest BCUT2D eigenvalue weighted by atomic mass is 9.71. The van der Waals surface area contributed by atoms with E-state index in [1.807, 2.05) is 25.7 Å². The molecular weight excluding hydrogens is 252 g/mol. The van der Waals surface area contributed by atoms with E-state index in [0.717, 1.165) is 38.8 Å². The number of carbonyl (C=O) groups excluding carboxylic acids is 1. The summed E-state index contributed by atoms with van der Waals surface area (Å²) in [5, 5.41) is 13.8. The Balaban J connectivity index is 2.44. The van der Waals surface area contributed by atoms with Crippen LogP contribution in [0.1, 0.15) is 60.3 Å². The molecule has 4 nitrogen and oxygen atoms in total. The molecule has 1 aliphatic rings. The normalized spacial score (nSPS) is 22.3. The van der Waals surface area contributed by atoms with Crippen LogP contribution in [0.3, 0.4) is 0 Å². The third kappa shape index (κ3) is 4.74. The summed E-state index contributed by atoms with van der Waals surface area (Å²) in [4.78, 5) is 14.0. The van der Waals surface area contributed by atoms with Gasteiger partial charge in [0.15, 0.2) is 0 Å². The number of amides is 1. The van der Waals surface area contributed by atoms with E-state index in [0.29, 0.717) is 12.0 Å². The van der Waals surface area contributed by atoms with Crippen LogP contribution in [0.25, 0.3) is 0 Å². The van der Waals surface area contributed by atoms with Crippen molar-refractivity contribution in [2.75, 3.05) is 19.6 Å². The highest BCUT2D eigenvalue weighted by Crippen LogP contribution is 2.39. The van der Waals surface area contributed by atoms with Crippen LogP contribution in [0.15, 0.2) is 0 Å². The lowest BCUT2D eigenvalue weighted by Gasteiger charge is -2.40. The molecule has 0 aromatic rings. The number of hydrogen-bond donors (Lipinski definition) is 2. The number of likely N-dealkylation sites (N-methyl/N-ethyl adjacent to an activating group) is 1. The molecule has 1 aliphatic carbocycles. The molecule has 0 spiro atoms. The summed E-state index contributed by atoms with van der Waals surface area (Å²) in [6, 6.07) is -0.228. The number of aliphatic hydroxyl groups is 1. The largest absolute Gasteiger partial charge is 0.389 e. The monoisotopic (exact) mass is 284 g/mol. The van der Waals surface area contributed by atoms with Crippen molar-refractivity contribution in [1.82, 2.24) is 10.2 Å². The Hall–Kier alpha value is -0.610. The van der Waals surface area contributed by atoms with Crippen LogP contribution in [-0.2, 0) is 4.79 Å². The Morgan fingerprint density at radius 2 is 1.70 bits per heavy atom. The Morgan fingerprint density at radius 3 is 2.15 bits per heavy atom. The van der Waals surface area contributed by atoms with E-state index in [4.69, 9.17) is 0 Å². The molecule has 2 N–H and O–H groups in total. The van der Waals surface area contributed by atoms with Crippen molar-refractivity contribution >= 4 is 5.91 Å². The van der Waals surface area contributed by atoms with Gasteiger partial charge in [0.2, 0.25) is 5.91 Å². The minimum absolute atomic E-state index is 0.120. The molecule has 1 amide bonds. The SMILES string of the molecule is CCN(CC)C(=O)C(C)NCC1(O)CCC(C)(C)CC1. The quantitative estimate of drug-likeness (QED) is 0.786. The van der Waals surface area contributed by atoms with E-state index in [1.165, 1.54) is 0 Å². The summed E-state index contributed by atoms with van der Waals surface area (Å²) in [5.41, 5.74) is -0.303. The Labute approximate surface area is 123 Å². The molecule has 0 heterocycles. The molecule has 0 radical (unpaired) electrons. The van der Waals surface area contributed by atoms with Gasteiger partial charge in [-0.05, 0) is 51.9 Å². The molecule has 1 unspecified atom stereocenters. The lowest BCUT2D eigenvalue weighted by Crippen LogP contribution is -2.51. The summed E-state index contributed by atoms with van der Waals surface area (Å²) < 4.78 is 0. The number of rotatable bonds is 6. The first-order valence-corrected chi connectivity index (χ1v) is 7.97. The Bertz CT molecular complexity index is 314. The molecule has 1 fully saturated rings. The molecule has 0 saturated heterocycles. The first kappa shape index (κ1) is 17.4. The van der Waals surface area contributed by atoms with E-state index < -0.39 is 5.60 Å². The van der Waals surface area contributed by atoms with Crippen molar-refractivity contribution < 1.29 is 9.90 Å². The summed E-state index contributed by atoms with van der Waals surface area (Å²) >= 11 is 0. The predicted octanol–water partition coefficient (Wildman–Crippen LogP) is 2.16. The molecule has 1 saturated carbocycles. The molecule has 1 rings (SSSR count). The number of hydrogen-bond acceptors (Lipinski definition) is 3. The molecule has 118 valence electrons. The average Bonchev–Trinajstić information content (AvgIpc) is 2.41. The summed E-state index contributed by atoms with van der Waals surface area (Å²) in [6.45, 7) is 12.4. The van der Waals surface area contributed by atoms with Gasteiger partial charge in [-0.15, -0.1) is 0 Å². The van der Waals surface area contributed by atoms with E-state index in [1.54, 1.807) is 0 Å². The summed E-state index contributed by atoms with van der Waals surface area (Å²) in [7, 11) is 0. The van der Waals surface area contributed by atoms with Gasteiger partial charge in [-0.3, -0.25) is 4.79 Å². The minimum Gasteiger partial charge on any atom is -0.389 e. The Morgan fingerprint density at radius 1 is 1.20 bits per heavy atom. The zero-order chi connectivity index (χ0) is 15.4. The smallest absolute Gasteiger partial charge is 0.239 e. The fourth-order valence-electron chi connectivity index (χ4n) is 2.81. The van der Waals surface area contributed by atoms with Crippen molar-refractivity contribution in [3.8, 4) is 0 Å². The maximum absolute atomic E-state index is 12.2. The van der Waals surface area contributed by atoms with E-state index in [-0.39, 0.29) is 11.9 Å². The molecule has 1 atom stereocenters. The van der Waals surface area contributed by atoms with Crippen LogP contribution in [0.5, 0.6) is 0 Å². The van der Waals surface area contributed by atoms with Gasteiger partial charge in [-0.1, -0.05) is 13.8 Å². The molecule has 0 aromatic carbocycles. The first-order valence-electron chi connectivity index (χ1n) is 7.97. The molecule has 0 bridgehead atoms. The maximum atomic E-state index is 12.2. The van der Waals surface area contributed by atoms with Gasteiger partial charge in [0.25, 0.3) is 0 Å². The van der Waals surface area contributed by atoms with Crippen molar-refractivity contribution in [2.45, 2.75) is 71.9 Å². The molecule has 0 aliphatic heterocycles. The van der Waals surface area contributed by atoms with Gasteiger partial charge in [-0.2, -0.15) is 0 Å². The van der Waals surface area contributed by atoms with Crippen LogP contribution < -0.4 is 5.32 Å². The van der Waals surface area contributed by atoms with Crippen molar-refractivity contribution in [2.24, 2.45) is 5.41 Å². The van der Waals surface area contributed by atoms with Crippen LogP contribution in [-0.4, -0.2) is 47.2 Å². The molecule has 20 heavy (non-hydrogen) atoms. The van der Waals surface area contributed by atoms with E-state index in [2.05, 4.69) is 19.2 Å². The van der Waals surface area contributed by atoms with Crippen LogP contribution in [0, 0.1) is 5.41 Å². The number of nitrogens with one attached hydrogen (secondary N) is 1. The first-order chi connectivity index (χ1) is 9.23. The average molecular weight is 284 g/mol. The lowest BCUT2D eigenvalue weighted by molar-refractivity contribution is -0.133. The van der Waals surface area contributed by atoms with Crippen LogP contribution in [0.4, 0.5) is 0 Å². The van der Waals surface area contributed by atoms with Crippen molar-refractivity contribution in [1.29, 1.82) is 0 Å². The third-order valence-electron chi connectivity index (χ3n) is 4.72. The molecule has 4 heteroatoms. The zero-order valence-corrected chi connectivity index (χ0v) is 13.8. The van der Waals surface area contributed by atoms with Gasteiger partial charge in [0, 0.05) is 19.6 Å². The highest BCUT2D eigenvalue weighted by Gasteiger charge is 2.37. The fourth-order valence-corrected chi connectivity index (χ4v) is 2.81. The third-order valence-corrected chi connectivity index (χ3v) is 4.72. The number of nitrogens with zero attached hydrogens (tertiary/aromatic N) is 1. The summed E-state index contributed by atoms with van der Waals surface area (Å²) in [6.07, 6.45) is 3.73. The molecule has 0 aromatic heterocycles.